The van der Waals surface area contributed by atoms with Crippen LogP contribution in [0, 0.1) is 0 Å². The van der Waals surface area contributed by atoms with Crippen molar-refractivity contribution in [2.75, 3.05) is 31.9 Å². The van der Waals surface area contributed by atoms with Crippen LogP contribution in [0.15, 0.2) is 23.1 Å². The van der Waals surface area contributed by atoms with Gasteiger partial charge in [0.1, 0.15) is 4.90 Å². The first-order chi connectivity index (χ1) is 9.99. The monoisotopic (exact) mass is 331 g/mol. The van der Waals surface area contributed by atoms with E-state index in [0.717, 1.165) is 26.1 Å². The number of anilines is 1. The summed E-state index contributed by atoms with van der Waals surface area (Å²) in [5, 5.41) is 0.151. The molecule has 7 heteroatoms. The smallest absolute Gasteiger partial charge is 0.242 e. The summed E-state index contributed by atoms with van der Waals surface area (Å²) >= 11 is 5.94. The van der Waals surface area contributed by atoms with Gasteiger partial charge < -0.3 is 10.6 Å². The molecule has 0 aliphatic carbocycles. The van der Waals surface area contributed by atoms with Crippen LogP contribution in [0.25, 0.3) is 0 Å². The van der Waals surface area contributed by atoms with E-state index in [2.05, 4.69) is 9.62 Å². The van der Waals surface area contributed by atoms with Crippen LogP contribution < -0.4 is 10.5 Å². The zero-order valence-corrected chi connectivity index (χ0v) is 13.6. The fourth-order valence-electron chi connectivity index (χ4n) is 2.50. The normalized spacial score (nSPS) is 17.0. The average Bonchev–Trinajstić information content (AvgIpc) is 2.44. The minimum absolute atomic E-state index is 0.0799. The van der Waals surface area contributed by atoms with Crippen LogP contribution in [-0.4, -0.2) is 39.5 Å². The number of nitrogens with zero attached hydrogens (tertiary/aromatic N) is 1. The van der Waals surface area contributed by atoms with Gasteiger partial charge in [-0.25, -0.2) is 13.1 Å². The van der Waals surface area contributed by atoms with Gasteiger partial charge in [0, 0.05) is 12.2 Å². The Labute approximate surface area is 131 Å². The van der Waals surface area contributed by atoms with Crippen molar-refractivity contribution < 1.29 is 8.42 Å². The molecule has 21 heavy (non-hydrogen) atoms. The molecule has 1 aromatic carbocycles. The van der Waals surface area contributed by atoms with E-state index in [0.29, 0.717) is 12.2 Å². The van der Waals surface area contributed by atoms with Crippen molar-refractivity contribution >= 4 is 27.3 Å². The minimum atomic E-state index is -3.57. The van der Waals surface area contributed by atoms with Crippen LogP contribution in [-0.2, 0) is 10.0 Å². The van der Waals surface area contributed by atoms with Crippen molar-refractivity contribution in [3.8, 4) is 0 Å². The number of rotatable bonds is 6. The minimum Gasteiger partial charge on any atom is -0.399 e. The molecule has 1 aliphatic rings. The van der Waals surface area contributed by atoms with E-state index in [-0.39, 0.29) is 9.92 Å². The van der Waals surface area contributed by atoms with Crippen molar-refractivity contribution in [1.82, 2.24) is 9.62 Å². The molecule has 1 aromatic rings. The van der Waals surface area contributed by atoms with Crippen LogP contribution in [0.5, 0.6) is 0 Å². The molecule has 0 radical (unpaired) electrons. The standard InChI is InChI=1S/C14H22ClN3O2S/c15-13-11-12(16)5-6-14(13)21(19,20)17-7-4-10-18-8-2-1-3-9-18/h5-6,11,17H,1-4,7-10,16H2. The van der Waals surface area contributed by atoms with Gasteiger partial charge in [0.25, 0.3) is 0 Å². The molecule has 1 fully saturated rings. The highest BCUT2D eigenvalue weighted by molar-refractivity contribution is 7.89. The predicted octanol–water partition coefficient (Wildman–Crippen LogP) is 2.08. The second-order valence-electron chi connectivity index (χ2n) is 5.34. The fraction of sp³-hybridized carbons (Fsp3) is 0.571. The van der Waals surface area contributed by atoms with E-state index >= 15 is 0 Å². The molecular formula is C14H22ClN3O2S. The van der Waals surface area contributed by atoms with Crippen molar-refractivity contribution in [3.63, 3.8) is 0 Å². The Kier molecular flexibility index (Phi) is 5.87. The molecule has 0 bridgehead atoms. The molecule has 0 atom stereocenters. The number of nitrogen functional groups attached to an aromatic ring is 1. The van der Waals surface area contributed by atoms with Gasteiger partial charge in [0.05, 0.1) is 5.02 Å². The lowest BCUT2D eigenvalue weighted by atomic mass is 10.1. The Balaban J connectivity index is 1.83. The molecule has 0 spiro atoms. The van der Waals surface area contributed by atoms with Gasteiger partial charge >= 0.3 is 0 Å². The third kappa shape index (κ3) is 4.85. The van der Waals surface area contributed by atoms with E-state index in [1.54, 1.807) is 0 Å². The number of hydrogen-bond donors (Lipinski definition) is 2. The molecule has 118 valence electrons. The van der Waals surface area contributed by atoms with Crippen molar-refractivity contribution in [1.29, 1.82) is 0 Å². The van der Waals surface area contributed by atoms with Crippen LogP contribution in [0.2, 0.25) is 5.02 Å². The molecule has 0 unspecified atom stereocenters. The van der Waals surface area contributed by atoms with Gasteiger partial charge in [-0.2, -0.15) is 0 Å². The second-order valence-corrected chi connectivity index (χ2v) is 7.49. The largest absolute Gasteiger partial charge is 0.399 e. The molecule has 2 rings (SSSR count). The van der Waals surface area contributed by atoms with E-state index in [1.807, 2.05) is 0 Å². The Morgan fingerprint density at radius 3 is 2.62 bits per heavy atom. The lowest BCUT2D eigenvalue weighted by Crippen LogP contribution is -2.33. The molecular weight excluding hydrogens is 310 g/mol. The summed E-state index contributed by atoms with van der Waals surface area (Å²) in [6.07, 6.45) is 4.59. The summed E-state index contributed by atoms with van der Waals surface area (Å²) in [6, 6.07) is 4.42. The predicted molar refractivity (Wildman–Crippen MR) is 86.0 cm³/mol. The topological polar surface area (TPSA) is 75.4 Å². The quantitative estimate of drug-likeness (QED) is 0.618. The Morgan fingerprint density at radius 1 is 1.24 bits per heavy atom. The van der Waals surface area contributed by atoms with Gasteiger partial charge in [-0.05, 0) is 57.1 Å². The third-order valence-corrected chi connectivity index (χ3v) is 5.58. The number of hydrogen-bond acceptors (Lipinski definition) is 4. The summed E-state index contributed by atoms with van der Waals surface area (Å²) in [4.78, 5) is 2.46. The highest BCUT2D eigenvalue weighted by atomic mass is 35.5. The molecule has 0 saturated carbocycles. The molecule has 5 nitrogen and oxygen atoms in total. The maximum Gasteiger partial charge on any atom is 0.242 e. The van der Waals surface area contributed by atoms with Crippen molar-refractivity contribution in [2.45, 2.75) is 30.6 Å². The highest BCUT2D eigenvalue weighted by Crippen LogP contribution is 2.23. The first kappa shape index (κ1) is 16.5. The molecule has 1 aliphatic heterocycles. The highest BCUT2D eigenvalue weighted by Gasteiger charge is 2.17. The summed E-state index contributed by atoms with van der Waals surface area (Å²) < 4.78 is 26.9. The van der Waals surface area contributed by atoms with Gasteiger partial charge in [0.2, 0.25) is 10.0 Å². The molecule has 0 aromatic heterocycles. The number of nitrogens with one attached hydrogen (secondary N) is 1. The van der Waals surface area contributed by atoms with E-state index in [9.17, 15) is 8.42 Å². The second kappa shape index (κ2) is 7.45. The fourth-order valence-corrected chi connectivity index (χ4v) is 4.13. The molecule has 1 heterocycles. The van der Waals surface area contributed by atoms with Gasteiger partial charge in [-0.1, -0.05) is 18.0 Å². The van der Waals surface area contributed by atoms with Gasteiger partial charge in [-0.15, -0.1) is 0 Å². The zero-order valence-electron chi connectivity index (χ0n) is 12.0. The lowest BCUT2D eigenvalue weighted by Gasteiger charge is -2.26. The lowest BCUT2D eigenvalue weighted by molar-refractivity contribution is 0.227. The summed E-state index contributed by atoms with van der Waals surface area (Å²) in [5.74, 6) is 0. The third-order valence-electron chi connectivity index (χ3n) is 3.64. The number of likely N-dealkylation sites (tertiary alicyclic amines) is 1. The van der Waals surface area contributed by atoms with Crippen LogP contribution >= 0.6 is 11.6 Å². The van der Waals surface area contributed by atoms with Crippen molar-refractivity contribution in [3.05, 3.63) is 23.2 Å². The van der Waals surface area contributed by atoms with Crippen molar-refractivity contribution in [2.24, 2.45) is 0 Å². The van der Waals surface area contributed by atoms with Gasteiger partial charge in [0.15, 0.2) is 0 Å². The first-order valence-electron chi connectivity index (χ1n) is 7.26. The molecule has 3 N–H and O–H groups in total. The maximum absolute atomic E-state index is 12.2. The summed E-state index contributed by atoms with van der Waals surface area (Å²) in [5.41, 5.74) is 6.02. The Hall–Kier alpha value is -0.820. The number of halogens is 1. The molecule has 0 amide bonds. The SMILES string of the molecule is Nc1ccc(S(=O)(=O)NCCCN2CCCCC2)c(Cl)c1. The number of sulfonamides is 1. The number of benzene rings is 1. The number of nitrogens with two attached hydrogens (primary N) is 1. The summed E-state index contributed by atoms with van der Waals surface area (Å²) in [7, 11) is -3.57. The van der Waals surface area contributed by atoms with E-state index < -0.39 is 10.0 Å². The zero-order chi connectivity index (χ0) is 15.3. The average molecular weight is 332 g/mol. The Morgan fingerprint density at radius 2 is 1.95 bits per heavy atom. The number of piperidine rings is 1. The van der Waals surface area contributed by atoms with E-state index in [4.69, 9.17) is 17.3 Å². The Bertz CT molecular complexity index is 572. The van der Waals surface area contributed by atoms with E-state index in [1.165, 1.54) is 37.5 Å². The summed E-state index contributed by atoms with van der Waals surface area (Å²) in [6.45, 7) is 3.59. The van der Waals surface area contributed by atoms with Crippen LogP contribution in [0.4, 0.5) is 5.69 Å². The van der Waals surface area contributed by atoms with Crippen LogP contribution in [0.3, 0.4) is 0 Å². The van der Waals surface area contributed by atoms with Gasteiger partial charge in [-0.3, -0.25) is 0 Å². The van der Waals surface area contributed by atoms with Crippen LogP contribution in [0.1, 0.15) is 25.7 Å². The molecule has 1 saturated heterocycles. The first-order valence-corrected chi connectivity index (χ1v) is 9.12. The maximum atomic E-state index is 12.2.